The number of rotatable bonds is 4. The first-order valence-corrected chi connectivity index (χ1v) is 9.42. The van der Waals surface area contributed by atoms with Crippen LogP contribution in [-0.4, -0.2) is 21.7 Å². The number of aryl methyl sites for hydroxylation is 2. The first kappa shape index (κ1) is 20.5. The Morgan fingerprint density at radius 1 is 1.03 bits per heavy atom. The second kappa shape index (κ2) is 7.79. The summed E-state index contributed by atoms with van der Waals surface area (Å²) in [5.41, 5.74) is 4.82. The Balaban J connectivity index is 1.61. The minimum atomic E-state index is -4.83. The molecule has 0 fully saturated rings. The number of carbonyl (C=O) groups excluding carboxylic acids is 1. The molecule has 158 valence electrons. The van der Waals surface area contributed by atoms with Crippen molar-refractivity contribution in [3.63, 3.8) is 0 Å². The number of amides is 1. The van der Waals surface area contributed by atoms with Crippen LogP contribution < -0.4 is 10.1 Å². The zero-order valence-corrected chi connectivity index (χ0v) is 16.7. The quantitative estimate of drug-likeness (QED) is 0.452. The van der Waals surface area contributed by atoms with E-state index in [4.69, 9.17) is 0 Å². The molecule has 0 bridgehead atoms. The van der Waals surface area contributed by atoms with Crippen molar-refractivity contribution in [1.29, 1.82) is 0 Å². The normalized spacial score (nSPS) is 11.5. The standard InChI is InChI=1S/C23H18F3N3O2/c1-14-8-9-16(20-13-29-10-4-5-15(2)21(29)27-20)12-19(14)28-22(30)17-6-3-7-18(11-17)31-23(24,25)26/h3-13H,1-2H3,(H,28,30). The van der Waals surface area contributed by atoms with Gasteiger partial charge in [0.15, 0.2) is 0 Å². The Labute approximate surface area is 176 Å². The number of anilines is 1. The van der Waals surface area contributed by atoms with Gasteiger partial charge in [0.1, 0.15) is 11.4 Å². The fourth-order valence-corrected chi connectivity index (χ4v) is 3.24. The molecular formula is C23H18F3N3O2. The fraction of sp³-hybridized carbons (Fsp3) is 0.130. The topological polar surface area (TPSA) is 55.6 Å². The van der Waals surface area contributed by atoms with E-state index in [9.17, 15) is 18.0 Å². The molecule has 2 heterocycles. The molecule has 2 aromatic carbocycles. The van der Waals surface area contributed by atoms with Gasteiger partial charge in [0.05, 0.1) is 5.69 Å². The molecule has 4 rings (SSSR count). The molecule has 0 radical (unpaired) electrons. The van der Waals surface area contributed by atoms with Crippen LogP contribution in [-0.2, 0) is 0 Å². The summed E-state index contributed by atoms with van der Waals surface area (Å²) in [5, 5.41) is 2.76. The number of pyridine rings is 1. The molecule has 8 heteroatoms. The number of ether oxygens (including phenoxy) is 1. The van der Waals surface area contributed by atoms with Crippen LogP contribution in [0.4, 0.5) is 18.9 Å². The van der Waals surface area contributed by atoms with Crippen molar-refractivity contribution < 1.29 is 22.7 Å². The van der Waals surface area contributed by atoms with Gasteiger partial charge < -0.3 is 14.5 Å². The van der Waals surface area contributed by atoms with Crippen LogP contribution in [0, 0.1) is 13.8 Å². The van der Waals surface area contributed by atoms with Gasteiger partial charge >= 0.3 is 6.36 Å². The molecule has 0 saturated heterocycles. The molecule has 2 aromatic heterocycles. The predicted octanol–water partition coefficient (Wildman–Crippen LogP) is 5.77. The van der Waals surface area contributed by atoms with Gasteiger partial charge in [-0.2, -0.15) is 0 Å². The van der Waals surface area contributed by atoms with Crippen LogP contribution in [0.15, 0.2) is 67.0 Å². The van der Waals surface area contributed by atoms with E-state index in [0.29, 0.717) is 5.69 Å². The highest BCUT2D eigenvalue weighted by molar-refractivity contribution is 6.05. The van der Waals surface area contributed by atoms with Crippen molar-refractivity contribution in [2.24, 2.45) is 0 Å². The Morgan fingerprint density at radius 3 is 2.58 bits per heavy atom. The Morgan fingerprint density at radius 2 is 1.84 bits per heavy atom. The van der Waals surface area contributed by atoms with Crippen LogP contribution in [0.2, 0.25) is 0 Å². The number of hydrogen-bond acceptors (Lipinski definition) is 3. The number of imidazole rings is 1. The van der Waals surface area contributed by atoms with E-state index in [2.05, 4.69) is 15.0 Å². The minimum Gasteiger partial charge on any atom is -0.406 e. The first-order valence-electron chi connectivity index (χ1n) is 9.42. The SMILES string of the molecule is Cc1ccc(-c2cn3cccc(C)c3n2)cc1NC(=O)c1cccc(OC(F)(F)F)c1. The van der Waals surface area contributed by atoms with E-state index < -0.39 is 18.0 Å². The molecule has 0 unspecified atom stereocenters. The van der Waals surface area contributed by atoms with Crippen molar-refractivity contribution in [2.75, 3.05) is 5.32 Å². The van der Waals surface area contributed by atoms with E-state index in [0.717, 1.165) is 40.2 Å². The molecule has 0 spiro atoms. The molecule has 4 aromatic rings. The molecule has 31 heavy (non-hydrogen) atoms. The van der Waals surface area contributed by atoms with Gasteiger partial charge in [-0.05, 0) is 55.3 Å². The van der Waals surface area contributed by atoms with Crippen molar-refractivity contribution in [3.8, 4) is 17.0 Å². The number of fused-ring (bicyclic) bond motifs is 1. The second-order valence-corrected chi connectivity index (χ2v) is 7.11. The second-order valence-electron chi connectivity index (χ2n) is 7.11. The highest BCUT2D eigenvalue weighted by atomic mass is 19.4. The van der Waals surface area contributed by atoms with Crippen LogP contribution in [0.25, 0.3) is 16.9 Å². The maximum atomic E-state index is 12.6. The molecule has 1 amide bonds. The van der Waals surface area contributed by atoms with Gasteiger partial charge in [-0.15, -0.1) is 13.2 Å². The molecule has 5 nitrogen and oxygen atoms in total. The minimum absolute atomic E-state index is 0.0508. The monoisotopic (exact) mass is 425 g/mol. The summed E-state index contributed by atoms with van der Waals surface area (Å²) in [5.74, 6) is -0.996. The number of aromatic nitrogens is 2. The average Bonchev–Trinajstić information content (AvgIpc) is 3.14. The lowest BCUT2D eigenvalue weighted by atomic mass is 10.1. The van der Waals surface area contributed by atoms with Crippen molar-refractivity contribution >= 4 is 17.2 Å². The average molecular weight is 425 g/mol. The van der Waals surface area contributed by atoms with Crippen molar-refractivity contribution in [3.05, 3.63) is 83.7 Å². The molecule has 0 atom stereocenters. The molecule has 1 N–H and O–H groups in total. The predicted molar refractivity (Wildman–Crippen MR) is 111 cm³/mol. The summed E-state index contributed by atoms with van der Waals surface area (Å²) in [7, 11) is 0. The summed E-state index contributed by atoms with van der Waals surface area (Å²) in [6.07, 6.45) is -1.02. The molecular weight excluding hydrogens is 407 g/mol. The summed E-state index contributed by atoms with van der Waals surface area (Å²) in [4.78, 5) is 17.3. The number of hydrogen-bond donors (Lipinski definition) is 1. The first-order chi connectivity index (χ1) is 14.7. The van der Waals surface area contributed by atoms with Gasteiger partial charge in [-0.3, -0.25) is 4.79 Å². The number of nitrogens with one attached hydrogen (secondary N) is 1. The maximum absolute atomic E-state index is 12.6. The van der Waals surface area contributed by atoms with Crippen LogP contribution in [0.1, 0.15) is 21.5 Å². The highest BCUT2D eigenvalue weighted by Crippen LogP contribution is 2.27. The lowest BCUT2D eigenvalue weighted by Gasteiger charge is -2.12. The summed E-state index contributed by atoms with van der Waals surface area (Å²) in [6, 6.07) is 14.4. The van der Waals surface area contributed by atoms with Gasteiger partial charge in [0.25, 0.3) is 5.91 Å². The highest BCUT2D eigenvalue weighted by Gasteiger charge is 2.31. The zero-order valence-electron chi connectivity index (χ0n) is 16.7. The molecule has 0 aliphatic heterocycles. The zero-order chi connectivity index (χ0) is 22.2. The van der Waals surface area contributed by atoms with Gasteiger partial charge in [-0.25, -0.2) is 4.98 Å². The van der Waals surface area contributed by atoms with E-state index >= 15 is 0 Å². The summed E-state index contributed by atoms with van der Waals surface area (Å²) >= 11 is 0. The Bertz CT molecular complexity index is 1280. The summed E-state index contributed by atoms with van der Waals surface area (Å²) in [6.45, 7) is 3.81. The third kappa shape index (κ3) is 4.53. The third-order valence-corrected chi connectivity index (χ3v) is 4.79. The van der Waals surface area contributed by atoms with Crippen LogP contribution >= 0.6 is 0 Å². The van der Waals surface area contributed by atoms with Gasteiger partial charge in [0.2, 0.25) is 0 Å². The lowest BCUT2D eigenvalue weighted by molar-refractivity contribution is -0.274. The van der Waals surface area contributed by atoms with E-state index in [1.54, 1.807) is 6.07 Å². The van der Waals surface area contributed by atoms with E-state index in [1.165, 1.54) is 12.1 Å². The maximum Gasteiger partial charge on any atom is 0.573 e. The Kier molecular flexibility index (Phi) is 5.14. The van der Waals surface area contributed by atoms with Crippen molar-refractivity contribution in [1.82, 2.24) is 9.38 Å². The number of carbonyl (C=O) groups is 1. The van der Waals surface area contributed by atoms with Crippen LogP contribution in [0.3, 0.4) is 0 Å². The smallest absolute Gasteiger partial charge is 0.406 e. The van der Waals surface area contributed by atoms with Gasteiger partial charge in [-0.1, -0.05) is 24.3 Å². The van der Waals surface area contributed by atoms with E-state index in [1.807, 2.05) is 54.9 Å². The van der Waals surface area contributed by atoms with Crippen molar-refractivity contribution in [2.45, 2.75) is 20.2 Å². The van der Waals surface area contributed by atoms with E-state index in [-0.39, 0.29) is 5.56 Å². The Hall–Kier alpha value is -3.81. The number of alkyl halides is 3. The van der Waals surface area contributed by atoms with Gasteiger partial charge in [0, 0.05) is 29.2 Å². The molecule has 0 aliphatic carbocycles. The summed E-state index contributed by atoms with van der Waals surface area (Å²) < 4.78 is 43.2. The number of nitrogens with zero attached hydrogens (tertiary/aromatic N) is 2. The number of halogens is 3. The molecule has 0 saturated carbocycles. The van der Waals surface area contributed by atoms with Crippen LogP contribution in [0.5, 0.6) is 5.75 Å². The largest absolute Gasteiger partial charge is 0.573 e. The third-order valence-electron chi connectivity index (χ3n) is 4.79. The lowest BCUT2D eigenvalue weighted by Crippen LogP contribution is -2.18. The number of benzene rings is 2. The fourth-order valence-electron chi connectivity index (χ4n) is 3.24. The molecule has 0 aliphatic rings.